The third-order valence-corrected chi connectivity index (χ3v) is 5.71. The van der Waals surface area contributed by atoms with Crippen molar-refractivity contribution in [2.24, 2.45) is 0 Å². The maximum absolute atomic E-state index is 4.91. The molecule has 1 heterocycles. The molecule has 0 spiro atoms. The topological polar surface area (TPSA) is 30.7 Å². The number of aromatic nitrogens is 3. The van der Waals surface area contributed by atoms with Gasteiger partial charge in [-0.3, -0.25) is 0 Å². The van der Waals surface area contributed by atoms with Crippen LogP contribution in [0.5, 0.6) is 0 Å². The Balaban J connectivity index is 2.31. The van der Waals surface area contributed by atoms with E-state index >= 15 is 0 Å². The summed E-state index contributed by atoms with van der Waals surface area (Å²) in [5, 5.41) is 9.66. The summed E-state index contributed by atoms with van der Waals surface area (Å²) in [6.07, 6.45) is 2.16. The number of fused-ring (bicyclic) bond motifs is 1. The smallest absolute Gasteiger partial charge is 0.117 e. The first-order valence-electron chi connectivity index (χ1n) is 9.26. The average molecular weight is 335 g/mol. The molecular weight excluding hydrogens is 306 g/mol. The number of benzene rings is 2. The third kappa shape index (κ3) is 3.08. The summed E-state index contributed by atoms with van der Waals surface area (Å²) in [6.45, 7) is 13.8. The van der Waals surface area contributed by atoms with E-state index in [0.29, 0.717) is 0 Å². The molecule has 0 bridgehead atoms. The molecule has 2 aromatic carbocycles. The van der Waals surface area contributed by atoms with Crippen LogP contribution in [0.3, 0.4) is 0 Å². The van der Waals surface area contributed by atoms with E-state index in [9.17, 15) is 0 Å². The molecule has 0 unspecified atom stereocenters. The van der Waals surface area contributed by atoms with Crippen molar-refractivity contribution in [3.8, 4) is 5.69 Å². The quantitative estimate of drug-likeness (QED) is 0.590. The van der Waals surface area contributed by atoms with Crippen LogP contribution in [-0.2, 0) is 10.8 Å². The molecule has 0 radical (unpaired) electrons. The number of nitrogens with zero attached hydrogens (tertiary/aromatic N) is 3. The minimum Gasteiger partial charge on any atom is -0.150 e. The van der Waals surface area contributed by atoms with Crippen molar-refractivity contribution in [1.29, 1.82) is 0 Å². The molecule has 3 heteroatoms. The van der Waals surface area contributed by atoms with Gasteiger partial charge in [0.1, 0.15) is 11.0 Å². The van der Waals surface area contributed by atoms with Crippen molar-refractivity contribution in [2.75, 3.05) is 0 Å². The van der Waals surface area contributed by atoms with Gasteiger partial charge < -0.3 is 0 Å². The highest BCUT2D eigenvalue weighted by Crippen LogP contribution is 2.41. The zero-order chi connectivity index (χ0) is 18.2. The Labute approximate surface area is 151 Å². The largest absolute Gasteiger partial charge is 0.150 e. The molecule has 0 saturated heterocycles. The summed E-state index contributed by atoms with van der Waals surface area (Å²) >= 11 is 0. The minimum absolute atomic E-state index is 0.0544. The molecule has 0 atom stereocenters. The van der Waals surface area contributed by atoms with Crippen LogP contribution in [0.25, 0.3) is 16.7 Å². The standard InChI is InChI=1S/C22H29N3/c1-7-21(3,4)17-14-15-18-20(19(17)22(5,6)8-2)24-25(23-18)16-12-10-9-11-13-16/h9-15H,7-8H2,1-6H3. The Morgan fingerprint density at radius 3 is 2.04 bits per heavy atom. The van der Waals surface area contributed by atoms with E-state index in [4.69, 9.17) is 10.2 Å². The first-order chi connectivity index (χ1) is 11.8. The van der Waals surface area contributed by atoms with Crippen molar-refractivity contribution in [2.45, 2.75) is 65.2 Å². The molecule has 0 aliphatic carbocycles. The molecule has 25 heavy (non-hydrogen) atoms. The molecular formula is C22H29N3. The fourth-order valence-electron chi connectivity index (χ4n) is 3.27. The van der Waals surface area contributed by atoms with E-state index in [1.165, 1.54) is 11.1 Å². The molecule has 0 amide bonds. The monoisotopic (exact) mass is 335 g/mol. The summed E-state index contributed by atoms with van der Waals surface area (Å²) in [5.41, 5.74) is 5.92. The van der Waals surface area contributed by atoms with E-state index in [-0.39, 0.29) is 10.8 Å². The van der Waals surface area contributed by atoms with Crippen LogP contribution in [0.4, 0.5) is 0 Å². The molecule has 132 valence electrons. The molecule has 1 aromatic heterocycles. The highest BCUT2D eigenvalue weighted by atomic mass is 15.5. The van der Waals surface area contributed by atoms with Gasteiger partial charge in [0.25, 0.3) is 0 Å². The van der Waals surface area contributed by atoms with Crippen LogP contribution in [-0.4, -0.2) is 15.0 Å². The second-order valence-electron chi connectivity index (χ2n) is 8.16. The molecule has 0 aliphatic heterocycles. The third-order valence-electron chi connectivity index (χ3n) is 5.71. The molecule has 0 fully saturated rings. The zero-order valence-electron chi connectivity index (χ0n) is 16.3. The predicted octanol–water partition coefficient (Wildman–Crippen LogP) is 5.80. The van der Waals surface area contributed by atoms with E-state index < -0.39 is 0 Å². The van der Waals surface area contributed by atoms with Crippen molar-refractivity contribution in [1.82, 2.24) is 15.0 Å². The van der Waals surface area contributed by atoms with Crippen molar-refractivity contribution < 1.29 is 0 Å². The van der Waals surface area contributed by atoms with Crippen molar-refractivity contribution >= 4 is 11.0 Å². The highest BCUT2D eigenvalue weighted by molar-refractivity contribution is 5.81. The zero-order valence-corrected chi connectivity index (χ0v) is 16.3. The van der Waals surface area contributed by atoms with Crippen LogP contribution < -0.4 is 0 Å². The normalized spacial score (nSPS) is 12.7. The van der Waals surface area contributed by atoms with Gasteiger partial charge in [-0.1, -0.05) is 65.8 Å². The van der Waals surface area contributed by atoms with E-state index in [0.717, 1.165) is 29.6 Å². The van der Waals surface area contributed by atoms with Crippen LogP contribution in [0.1, 0.15) is 65.5 Å². The van der Waals surface area contributed by atoms with Crippen LogP contribution in [0.2, 0.25) is 0 Å². The summed E-state index contributed by atoms with van der Waals surface area (Å²) in [5.74, 6) is 0. The SMILES string of the molecule is CCC(C)(C)c1ccc2nn(-c3ccccc3)nc2c1C(C)(C)CC. The molecule has 3 rings (SSSR count). The van der Waals surface area contributed by atoms with Gasteiger partial charge in [0.15, 0.2) is 0 Å². The second kappa shape index (κ2) is 6.29. The van der Waals surface area contributed by atoms with Crippen molar-refractivity contribution in [3.05, 3.63) is 53.6 Å². The Bertz CT molecular complexity index is 873. The summed E-state index contributed by atoms with van der Waals surface area (Å²) in [6, 6.07) is 14.5. The van der Waals surface area contributed by atoms with Crippen LogP contribution in [0.15, 0.2) is 42.5 Å². The highest BCUT2D eigenvalue weighted by Gasteiger charge is 2.32. The lowest BCUT2D eigenvalue weighted by Gasteiger charge is -2.33. The molecule has 0 saturated carbocycles. The first-order valence-corrected chi connectivity index (χ1v) is 9.26. The lowest BCUT2D eigenvalue weighted by Crippen LogP contribution is -2.26. The van der Waals surface area contributed by atoms with Gasteiger partial charge in [-0.15, -0.1) is 10.2 Å². The number of hydrogen-bond donors (Lipinski definition) is 0. The molecule has 3 nitrogen and oxygen atoms in total. The van der Waals surface area contributed by atoms with Gasteiger partial charge in [-0.05, 0) is 53.0 Å². The number of hydrogen-bond acceptors (Lipinski definition) is 2. The average Bonchev–Trinajstić information content (AvgIpc) is 3.05. The summed E-state index contributed by atoms with van der Waals surface area (Å²) in [4.78, 5) is 1.77. The molecule has 0 N–H and O–H groups in total. The van der Waals surface area contributed by atoms with Gasteiger partial charge in [-0.25, -0.2) is 0 Å². The lowest BCUT2D eigenvalue weighted by atomic mass is 9.71. The van der Waals surface area contributed by atoms with Gasteiger partial charge >= 0.3 is 0 Å². The van der Waals surface area contributed by atoms with Crippen LogP contribution >= 0.6 is 0 Å². The van der Waals surface area contributed by atoms with Gasteiger partial charge in [0.2, 0.25) is 0 Å². The van der Waals surface area contributed by atoms with E-state index in [2.05, 4.69) is 53.7 Å². The maximum atomic E-state index is 4.91. The minimum atomic E-state index is 0.0544. The van der Waals surface area contributed by atoms with Crippen LogP contribution in [0, 0.1) is 0 Å². The lowest BCUT2D eigenvalue weighted by molar-refractivity contribution is 0.458. The van der Waals surface area contributed by atoms with Gasteiger partial charge in [0, 0.05) is 0 Å². The summed E-state index contributed by atoms with van der Waals surface area (Å²) < 4.78 is 0. The predicted molar refractivity (Wildman–Crippen MR) is 105 cm³/mol. The van der Waals surface area contributed by atoms with Crippen molar-refractivity contribution in [3.63, 3.8) is 0 Å². The Morgan fingerprint density at radius 1 is 0.800 bits per heavy atom. The number of rotatable bonds is 5. The fourth-order valence-corrected chi connectivity index (χ4v) is 3.27. The van der Waals surface area contributed by atoms with E-state index in [1.807, 2.05) is 30.3 Å². The van der Waals surface area contributed by atoms with E-state index in [1.54, 1.807) is 4.80 Å². The molecule has 0 aliphatic rings. The first kappa shape index (κ1) is 17.7. The Morgan fingerprint density at radius 2 is 1.44 bits per heavy atom. The Kier molecular flexibility index (Phi) is 4.44. The Hall–Kier alpha value is -2.16. The molecule has 3 aromatic rings. The number of para-hydroxylation sites is 1. The summed E-state index contributed by atoms with van der Waals surface area (Å²) in [7, 11) is 0. The fraction of sp³-hybridized carbons (Fsp3) is 0.455. The van der Waals surface area contributed by atoms with Gasteiger partial charge in [-0.2, -0.15) is 4.80 Å². The second-order valence-corrected chi connectivity index (χ2v) is 8.16. The maximum Gasteiger partial charge on any atom is 0.117 e. The van der Waals surface area contributed by atoms with Gasteiger partial charge in [0.05, 0.1) is 5.69 Å².